The maximum absolute atomic E-state index is 12.6. The molecule has 1 aliphatic rings. The number of aromatic nitrogens is 3. The number of nitrogens with zero attached hydrogens (tertiary/aromatic N) is 4. The van der Waals surface area contributed by atoms with Gasteiger partial charge in [-0.3, -0.25) is 4.72 Å². The minimum absolute atomic E-state index is 0.134. The van der Waals surface area contributed by atoms with Crippen LogP contribution >= 0.6 is 11.3 Å². The van der Waals surface area contributed by atoms with Crippen LogP contribution in [0.15, 0.2) is 59.2 Å². The minimum atomic E-state index is -3.73. The molecule has 10 nitrogen and oxygen atoms in total. The van der Waals surface area contributed by atoms with Crippen molar-refractivity contribution in [1.29, 1.82) is 0 Å². The van der Waals surface area contributed by atoms with Crippen LogP contribution in [0.3, 0.4) is 0 Å². The fraction of sp³-hybridized carbons (Fsp3) is 0.320. The topological polar surface area (TPSA) is 119 Å². The molecule has 0 bridgehead atoms. The Hall–Kier alpha value is -3.48. The van der Waals surface area contributed by atoms with Gasteiger partial charge in [0.2, 0.25) is 0 Å². The Bertz CT molecular complexity index is 1440. The van der Waals surface area contributed by atoms with Crippen molar-refractivity contribution in [3.63, 3.8) is 0 Å². The average molecular weight is 541 g/mol. The molecule has 5 rings (SSSR count). The summed E-state index contributed by atoms with van der Waals surface area (Å²) in [5.74, 6) is 1.82. The van der Waals surface area contributed by atoms with Crippen molar-refractivity contribution in [2.75, 3.05) is 43.4 Å². The molecule has 194 valence electrons. The highest BCUT2D eigenvalue weighted by Crippen LogP contribution is 2.35. The summed E-state index contributed by atoms with van der Waals surface area (Å²) < 4.78 is 39.3. The summed E-state index contributed by atoms with van der Waals surface area (Å²) in [5.41, 5.74) is 1.38. The van der Waals surface area contributed by atoms with Crippen molar-refractivity contribution in [1.82, 2.24) is 19.9 Å². The summed E-state index contributed by atoms with van der Waals surface area (Å²) in [6.45, 7) is 3.94. The third-order valence-electron chi connectivity index (χ3n) is 6.08. The molecule has 0 saturated carbocycles. The Morgan fingerprint density at radius 1 is 1.05 bits per heavy atom. The number of benzene rings is 2. The van der Waals surface area contributed by atoms with Crippen LogP contribution in [-0.4, -0.2) is 61.6 Å². The maximum atomic E-state index is 12.6. The van der Waals surface area contributed by atoms with Crippen molar-refractivity contribution in [3.8, 4) is 11.5 Å². The number of sulfonamides is 1. The molecule has 2 aromatic heterocycles. The standard InChI is InChI=1S/C25H28N6O4S2/c1-34-22-16-21-20(15-23(22)35-13-4-12-31-10-2-3-11-31)24(28-17-27-21)29-18-5-7-19(8-6-18)37(32,33)30-25-26-9-14-36-25/h5-9,14-17H,2-4,10-13H2,1H3,(H,26,30)(H,27,28,29). The van der Waals surface area contributed by atoms with Crippen LogP contribution in [0, 0.1) is 0 Å². The monoisotopic (exact) mass is 540 g/mol. The predicted molar refractivity (Wildman–Crippen MR) is 145 cm³/mol. The summed E-state index contributed by atoms with van der Waals surface area (Å²) in [7, 11) is -2.12. The minimum Gasteiger partial charge on any atom is -0.493 e. The van der Waals surface area contributed by atoms with Gasteiger partial charge in [0.25, 0.3) is 10.0 Å². The molecule has 0 amide bonds. The summed E-state index contributed by atoms with van der Waals surface area (Å²) >= 11 is 1.22. The lowest BCUT2D eigenvalue weighted by molar-refractivity contribution is 0.254. The second-order valence-electron chi connectivity index (χ2n) is 8.59. The molecule has 0 unspecified atom stereocenters. The zero-order valence-corrected chi connectivity index (χ0v) is 22.0. The van der Waals surface area contributed by atoms with Gasteiger partial charge in [-0.2, -0.15) is 0 Å². The van der Waals surface area contributed by atoms with E-state index in [-0.39, 0.29) is 4.90 Å². The number of methoxy groups -OCH3 is 1. The van der Waals surface area contributed by atoms with E-state index < -0.39 is 10.0 Å². The zero-order valence-electron chi connectivity index (χ0n) is 20.4. The molecule has 4 aromatic rings. The number of thiazole rings is 1. The van der Waals surface area contributed by atoms with E-state index in [1.807, 2.05) is 12.1 Å². The van der Waals surface area contributed by atoms with Gasteiger partial charge >= 0.3 is 0 Å². The van der Waals surface area contributed by atoms with Gasteiger partial charge in [-0.15, -0.1) is 11.3 Å². The summed E-state index contributed by atoms with van der Waals surface area (Å²) in [6.07, 6.45) is 6.50. The molecule has 37 heavy (non-hydrogen) atoms. The van der Waals surface area contributed by atoms with Gasteiger partial charge in [-0.25, -0.2) is 23.4 Å². The first-order chi connectivity index (χ1) is 18.0. The Labute approximate surface area is 219 Å². The highest BCUT2D eigenvalue weighted by Gasteiger charge is 2.17. The fourth-order valence-corrected chi connectivity index (χ4v) is 6.00. The first-order valence-corrected chi connectivity index (χ1v) is 14.4. The van der Waals surface area contributed by atoms with E-state index >= 15 is 0 Å². The molecule has 2 N–H and O–H groups in total. The van der Waals surface area contributed by atoms with E-state index in [9.17, 15) is 8.42 Å². The number of hydrogen-bond donors (Lipinski definition) is 2. The molecule has 0 aliphatic carbocycles. The van der Waals surface area contributed by atoms with Crippen LogP contribution in [0.1, 0.15) is 19.3 Å². The van der Waals surface area contributed by atoms with Crippen LogP contribution < -0.4 is 19.5 Å². The number of rotatable bonds is 11. The second-order valence-corrected chi connectivity index (χ2v) is 11.2. The zero-order chi connectivity index (χ0) is 25.7. The quantitative estimate of drug-likeness (QED) is 0.265. The lowest BCUT2D eigenvalue weighted by atomic mass is 10.2. The SMILES string of the molecule is COc1cc2ncnc(Nc3ccc(S(=O)(=O)Nc4nccs4)cc3)c2cc1OCCCN1CCCC1. The molecular weight excluding hydrogens is 512 g/mol. The predicted octanol–water partition coefficient (Wildman–Crippen LogP) is 4.50. The van der Waals surface area contributed by atoms with Crippen LogP contribution in [-0.2, 0) is 10.0 Å². The average Bonchev–Trinajstić information content (AvgIpc) is 3.61. The van der Waals surface area contributed by atoms with Crippen molar-refractivity contribution >= 4 is 48.9 Å². The molecule has 0 radical (unpaired) electrons. The highest BCUT2D eigenvalue weighted by atomic mass is 32.2. The summed E-state index contributed by atoms with van der Waals surface area (Å²) in [5, 5.41) is 6.05. The second kappa shape index (κ2) is 11.3. The number of hydrogen-bond acceptors (Lipinski definition) is 10. The summed E-state index contributed by atoms with van der Waals surface area (Å²) in [4.78, 5) is 15.3. The van der Waals surface area contributed by atoms with Gasteiger partial charge in [0.05, 0.1) is 24.1 Å². The number of fused-ring (bicyclic) bond motifs is 1. The lowest BCUT2D eigenvalue weighted by Gasteiger charge is -2.16. The third kappa shape index (κ3) is 6.09. The van der Waals surface area contributed by atoms with E-state index in [2.05, 4.69) is 29.9 Å². The Morgan fingerprint density at radius 3 is 2.59 bits per heavy atom. The van der Waals surface area contributed by atoms with E-state index in [1.165, 1.54) is 55.7 Å². The fourth-order valence-electron chi connectivity index (χ4n) is 4.21. The van der Waals surface area contributed by atoms with Gasteiger partial charge in [0.15, 0.2) is 16.6 Å². The van der Waals surface area contributed by atoms with Crippen LogP contribution in [0.25, 0.3) is 10.9 Å². The van der Waals surface area contributed by atoms with E-state index in [0.29, 0.717) is 40.3 Å². The Kier molecular flexibility index (Phi) is 7.68. The number of anilines is 3. The maximum Gasteiger partial charge on any atom is 0.263 e. The van der Waals surface area contributed by atoms with Crippen molar-refractivity contribution in [2.45, 2.75) is 24.2 Å². The summed E-state index contributed by atoms with van der Waals surface area (Å²) in [6, 6.07) is 10.1. The molecular formula is C25H28N6O4S2. The third-order valence-corrected chi connectivity index (χ3v) is 8.25. The van der Waals surface area contributed by atoms with Crippen LogP contribution in [0.5, 0.6) is 11.5 Å². The first-order valence-electron chi connectivity index (χ1n) is 12.0. The Balaban J connectivity index is 1.31. The number of nitrogens with one attached hydrogen (secondary N) is 2. The first kappa shape index (κ1) is 25.2. The molecule has 1 aliphatic heterocycles. The highest BCUT2D eigenvalue weighted by molar-refractivity contribution is 7.93. The molecule has 3 heterocycles. The molecule has 1 fully saturated rings. The van der Waals surface area contributed by atoms with Crippen LogP contribution in [0.2, 0.25) is 0 Å². The number of likely N-dealkylation sites (tertiary alicyclic amines) is 1. The smallest absolute Gasteiger partial charge is 0.263 e. The molecule has 0 spiro atoms. The van der Waals surface area contributed by atoms with Crippen molar-refractivity contribution in [3.05, 3.63) is 54.3 Å². The van der Waals surface area contributed by atoms with Gasteiger partial charge in [-0.05, 0) is 62.7 Å². The molecule has 0 atom stereocenters. The van der Waals surface area contributed by atoms with E-state index in [0.717, 1.165) is 18.4 Å². The van der Waals surface area contributed by atoms with Crippen molar-refractivity contribution < 1.29 is 17.9 Å². The van der Waals surface area contributed by atoms with E-state index in [4.69, 9.17) is 9.47 Å². The van der Waals surface area contributed by atoms with Gasteiger partial charge in [0, 0.05) is 35.3 Å². The van der Waals surface area contributed by atoms with Gasteiger partial charge in [-0.1, -0.05) is 0 Å². The lowest BCUT2D eigenvalue weighted by Crippen LogP contribution is -2.21. The van der Waals surface area contributed by atoms with Gasteiger partial charge < -0.3 is 19.7 Å². The van der Waals surface area contributed by atoms with Crippen molar-refractivity contribution in [2.24, 2.45) is 0 Å². The van der Waals surface area contributed by atoms with E-state index in [1.54, 1.807) is 30.8 Å². The number of ether oxygens (including phenoxy) is 2. The van der Waals surface area contributed by atoms with Crippen LogP contribution in [0.4, 0.5) is 16.6 Å². The Morgan fingerprint density at radius 2 is 1.86 bits per heavy atom. The largest absolute Gasteiger partial charge is 0.493 e. The molecule has 12 heteroatoms. The molecule has 2 aromatic carbocycles. The van der Waals surface area contributed by atoms with Gasteiger partial charge in [0.1, 0.15) is 12.1 Å². The molecule has 1 saturated heterocycles. The normalized spacial score (nSPS) is 14.1.